The van der Waals surface area contributed by atoms with E-state index in [0.717, 1.165) is 23.3 Å². The van der Waals surface area contributed by atoms with Crippen LogP contribution in [0.25, 0.3) is 10.9 Å². The topological polar surface area (TPSA) is 70.1 Å². The third kappa shape index (κ3) is 2.37. The van der Waals surface area contributed by atoms with Crippen molar-refractivity contribution in [2.24, 2.45) is 7.05 Å². The monoisotopic (exact) mass is 324 g/mol. The average molecular weight is 324 g/mol. The molecule has 1 fully saturated rings. The summed E-state index contributed by atoms with van der Waals surface area (Å²) in [6.07, 6.45) is 5.46. The van der Waals surface area contributed by atoms with Gasteiger partial charge in [-0.2, -0.15) is 5.10 Å². The summed E-state index contributed by atoms with van der Waals surface area (Å²) in [5, 5.41) is 7.84. The zero-order chi connectivity index (χ0) is 16.7. The van der Waals surface area contributed by atoms with Crippen molar-refractivity contribution in [1.29, 1.82) is 0 Å². The Morgan fingerprint density at radius 1 is 1.29 bits per heavy atom. The van der Waals surface area contributed by atoms with Gasteiger partial charge in [-0.3, -0.25) is 14.8 Å². The van der Waals surface area contributed by atoms with E-state index in [1.165, 1.54) is 0 Å². The van der Waals surface area contributed by atoms with Crippen LogP contribution in [-0.2, 0) is 7.05 Å². The number of aromatic nitrogens is 4. The normalized spacial score (nSPS) is 19.1. The predicted octanol–water partition coefficient (Wildman–Crippen LogP) is 1.43. The lowest BCUT2D eigenvalue weighted by Gasteiger charge is -2.39. The average Bonchev–Trinajstić information content (AvgIpc) is 3.23. The van der Waals surface area contributed by atoms with E-state index in [9.17, 15) is 4.79 Å². The number of likely N-dealkylation sites (N-methyl/N-ethyl adjacent to an activating group) is 1. The summed E-state index contributed by atoms with van der Waals surface area (Å²) in [5.41, 5.74) is 1.58. The van der Waals surface area contributed by atoms with Gasteiger partial charge in [0, 0.05) is 44.5 Å². The number of piperazine rings is 1. The standard InChI is InChI=1S/C17H20N6O/c1-21-8-9-23(11-15(21)16-18-6-7-22(16)2)17(24)12-4-3-5-14-13(12)10-19-20-14/h3-7,10,15H,8-9,11H2,1-2H3,(H,19,20). The van der Waals surface area contributed by atoms with Crippen molar-refractivity contribution in [3.8, 4) is 0 Å². The second kappa shape index (κ2) is 5.76. The van der Waals surface area contributed by atoms with Gasteiger partial charge < -0.3 is 9.47 Å². The number of carbonyl (C=O) groups excluding carboxylic acids is 1. The van der Waals surface area contributed by atoms with E-state index in [1.807, 2.05) is 40.9 Å². The molecule has 1 N–H and O–H groups in total. The van der Waals surface area contributed by atoms with E-state index < -0.39 is 0 Å². The van der Waals surface area contributed by atoms with E-state index in [0.29, 0.717) is 18.7 Å². The van der Waals surface area contributed by atoms with Crippen LogP contribution in [0, 0.1) is 0 Å². The zero-order valence-electron chi connectivity index (χ0n) is 13.8. The van der Waals surface area contributed by atoms with Crippen molar-refractivity contribution < 1.29 is 4.79 Å². The number of aromatic amines is 1. The Morgan fingerprint density at radius 2 is 2.17 bits per heavy atom. The minimum atomic E-state index is 0.0503. The summed E-state index contributed by atoms with van der Waals surface area (Å²) in [6.45, 7) is 2.17. The van der Waals surface area contributed by atoms with Gasteiger partial charge in [0.1, 0.15) is 5.82 Å². The number of nitrogens with one attached hydrogen (secondary N) is 1. The summed E-state index contributed by atoms with van der Waals surface area (Å²) in [7, 11) is 4.07. The summed E-state index contributed by atoms with van der Waals surface area (Å²) in [5.74, 6) is 1.03. The highest BCUT2D eigenvalue weighted by Crippen LogP contribution is 2.25. The molecule has 7 nitrogen and oxygen atoms in total. The summed E-state index contributed by atoms with van der Waals surface area (Å²) >= 11 is 0. The molecular weight excluding hydrogens is 304 g/mol. The number of amides is 1. The molecule has 4 rings (SSSR count). The number of H-pyrrole nitrogens is 1. The second-order valence-corrected chi connectivity index (χ2v) is 6.28. The summed E-state index contributed by atoms with van der Waals surface area (Å²) in [4.78, 5) is 21.7. The Morgan fingerprint density at radius 3 is 2.96 bits per heavy atom. The maximum Gasteiger partial charge on any atom is 0.254 e. The molecule has 1 saturated heterocycles. The molecule has 0 bridgehead atoms. The SMILES string of the molecule is CN1CCN(C(=O)c2cccc3[nH]ncc23)CC1c1nccn1C. The molecule has 0 radical (unpaired) electrons. The molecule has 0 aliphatic carbocycles. The molecule has 1 aliphatic heterocycles. The first-order valence-corrected chi connectivity index (χ1v) is 8.04. The largest absolute Gasteiger partial charge is 0.337 e. The molecular formula is C17H20N6O. The third-order valence-electron chi connectivity index (χ3n) is 4.81. The Hall–Kier alpha value is -2.67. The Balaban J connectivity index is 1.63. The highest BCUT2D eigenvalue weighted by molar-refractivity contribution is 6.06. The quantitative estimate of drug-likeness (QED) is 0.774. The van der Waals surface area contributed by atoms with Crippen LogP contribution in [0.15, 0.2) is 36.8 Å². The molecule has 1 unspecified atom stereocenters. The number of rotatable bonds is 2. The van der Waals surface area contributed by atoms with Crippen LogP contribution in [0.1, 0.15) is 22.2 Å². The highest BCUT2D eigenvalue weighted by atomic mass is 16.2. The molecule has 0 saturated carbocycles. The summed E-state index contributed by atoms with van der Waals surface area (Å²) < 4.78 is 2.02. The van der Waals surface area contributed by atoms with Crippen LogP contribution < -0.4 is 0 Å². The minimum absolute atomic E-state index is 0.0503. The highest BCUT2D eigenvalue weighted by Gasteiger charge is 2.31. The molecule has 0 spiro atoms. The first-order valence-electron chi connectivity index (χ1n) is 8.04. The lowest BCUT2D eigenvalue weighted by Crippen LogP contribution is -2.49. The molecule has 3 heterocycles. The number of carbonyl (C=O) groups is 1. The van der Waals surface area contributed by atoms with Gasteiger partial charge in [-0.15, -0.1) is 0 Å². The first-order chi connectivity index (χ1) is 11.6. The van der Waals surface area contributed by atoms with Gasteiger partial charge in [0.2, 0.25) is 0 Å². The van der Waals surface area contributed by atoms with Gasteiger partial charge in [0.15, 0.2) is 0 Å². The number of benzene rings is 1. The van der Waals surface area contributed by atoms with Gasteiger partial charge in [0.05, 0.1) is 23.3 Å². The minimum Gasteiger partial charge on any atom is -0.337 e. The van der Waals surface area contributed by atoms with Crippen LogP contribution in [0.4, 0.5) is 0 Å². The van der Waals surface area contributed by atoms with Crippen LogP contribution in [0.3, 0.4) is 0 Å². The van der Waals surface area contributed by atoms with Crippen molar-refractivity contribution in [3.05, 3.63) is 48.2 Å². The van der Waals surface area contributed by atoms with Crippen LogP contribution in [0.2, 0.25) is 0 Å². The van der Waals surface area contributed by atoms with Crippen molar-refractivity contribution in [2.75, 3.05) is 26.7 Å². The molecule has 7 heteroatoms. The first kappa shape index (κ1) is 14.9. The van der Waals surface area contributed by atoms with Crippen molar-refractivity contribution in [2.45, 2.75) is 6.04 Å². The van der Waals surface area contributed by atoms with Crippen LogP contribution in [-0.4, -0.2) is 62.1 Å². The second-order valence-electron chi connectivity index (χ2n) is 6.28. The van der Waals surface area contributed by atoms with E-state index in [-0.39, 0.29) is 11.9 Å². The van der Waals surface area contributed by atoms with Gasteiger partial charge in [-0.25, -0.2) is 4.98 Å². The number of nitrogens with zero attached hydrogens (tertiary/aromatic N) is 5. The Labute approximate surface area is 139 Å². The fraction of sp³-hybridized carbons (Fsp3) is 0.353. The maximum absolute atomic E-state index is 13.1. The molecule has 1 aromatic carbocycles. The van der Waals surface area contributed by atoms with Crippen LogP contribution >= 0.6 is 0 Å². The third-order valence-corrected chi connectivity index (χ3v) is 4.81. The number of imidazole rings is 1. The Bertz CT molecular complexity index is 882. The Kier molecular flexibility index (Phi) is 3.57. The van der Waals surface area contributed by atoms with Crippen molar-refractivity contribution >= 4 is 16.8 Å². The zero-order valence-corrected chi connectivity index (χ0v) is 13.8. The van der Waals surface area contributed by atoms with E-state index in [4.69, 9.17) is 0 Å². The van der Waals surface area contributed by atoms with Gasteiger partial charge >= 0.3 is 0 Å². The van der Waals surface area contributed by atoms with E-state index >= 15 is 0 Å². The van der Waals surface area contributed by atoms with Gasteiger partial charge in [-0.1, -0.05) is 6.07 Å². The molecule has 2 aromatic heterocycles. The lowest BCUT2D eigenvalue weighted by molar-refractivity contribution is 0.0530. The maximum atomic E-state index is 13.1. The molecule has 1 atom stereocenters. The smallest absolute Gasteiger partial charge is 0.254 e. The molecule has 1 aliphatic rings. The number of hydrogen-bond donors (Lipinski definition) is 1. The van der Waals surface area contributed by atoms with Gasteiger partial charge in [0.25, 0.3) is 5.91 Å². The number of aryl methyl sites for hydroxylation is 1. The molecule has 124 valence electrons. The fourth-order valence-electron chi connectivity index (χ4n) is 3.36. The molecule has 24 heavy (non-hydrogen) atoms. The predicted molar refractivity (Wildman–Crippen MR) is 90.6 cm³/mol. The molecule has 1 amide bonds. The summed E-state index contributed by atoms with van der Waals surface area (Å²) in [6, 6.07) is 5.79. The number of fused-ring (bicyclic) bond motifs is 1. The van der Waals surface area contributed by atoms with Crippen molar-refractivity contribution in [1.82, 2.24) is 29.5 Å². The van der Waals surface area contributed by atoms with E-state index in [2.05, 4.69) is 27.1 Å². The lowest BCUT2D eigenvalue weighted by atomic mass is 10.1. The van der Waals surface area contributed by atoms with Gasteiger partial charge in [-0.05, 0) is 19.2 Å². The fourth-order valence-corrected chi connectivity index (χ4v) is 3.36. The van der Waals surface area contributed by atoms with E-state index in [1.54, 1.807) is 12.4 Å². The molecule has 3 aromatic rings. The number of hydrogen-bond acceptors (Lipinski definition) is 4. The van der Waals surface area contributed by atoms with Crippen molar-refractivity contribution in [3.63, 3.8) is 0 Å². The van der Waals surface area contributed by atoms with Crippen LogP contribution in [0.5, 0.6) is 0 Å².